The Bertz CT molecular complexity index is 11.6. The molecule has 0 heterocycles. The van der Waals surface area contributed by atoms with Crippen molar-refractivity contribution in [1.29, 1.82) is 0 Å². The van der Waals surface area contributed by atoms with Gasteiger partial charge >= 0.3 is 34.6 Å². The van der Waals surface area contributed by atoms with Crippen LogP contribution in [-0.4, -0.2) is 19.8 Å². The van der Waals surface area contributed by atoms with E-state index in [4.69, 9.17) is 0 Å². The van der Waals surface area contributed by atoms with Crippen molar-refractivity contribution in [3.63, 3.8) is 0 Å². The molecule has 0 aliphatic heterocycles. The molecule has 0 aromatic rings. The van der Waals surface area contributed by atoms with Gasteiger partial charge in [0.25, 0.3) is 0 Å². The first-order valence-corrected chi connectivity index (χ1v) is 10.1. The van der Waals surface area contributed by atoms with Gasteiger partial charge in [-0.3, -0.25) is 0 Å². The van der Waals surface area contributed by atoms with E-state index in [2.05, 4.69) is 14.8 Å². The van der Waals surface area contributed by atoms with Crippen LogP contribution in [0.25, 0.3) is 0 Å². The van der Waals surface area contributed by atoms with E-state index in [0.29, 0.717) is 0 Å². The van der Waals surface area contributed by atoms with E-state index < -0.39 is 19.8 Å². The van der Waals surface area contributed by atoms with Gasteiger partial charge in [0.15, 0.2) is 0 Å². The Kier molecular flexibility index (Phi) is 10.8. The summed E-state index contributed by atoms with van der Waals surface area (Å²) in [6, 6.07) is 0. The van der Waals surface area contributed by atoms with Crippen molar-refractivity contribution in [3.05, 3.63) is 0 Å². The van der Waals surface area contributed by atoms with E-state index in [9.17, 15) is 0 Å². The summed E-state index contributed by atoms with van der Waals surface area (Å²) in [7, 11) is 0. The van der Waals surface area contributed by atoms with Gasteiger partial charge < -0.3 is 24.0 Å². The van der Waals surface area contributed by atoms with Crippen molar-refractivity contribution >= 4 is 19.8 Å². The van der Waals surface area contributed by atoms with Gasteiger partial charge in [-0.1, -0.05) is 0 Å². The molecule has 0 aromatic carbocycles. The number of rotatable bonds is 0. The SMILES string of the molecule is [CH3][Sn+]([CH3])[CH3].[I-]. The Morgan fingerprint density at radius 3 is 1.00 bits per heavy atom. The van der Waals surface area contributed by atoms with E-state index in [0.717, 1.165) is 0 Å². The zero-order valence-electron chi connectivity index (χ0n) is 3.88. The molecule has 0 bridgehead atoms. The van der Waals surface area contributed by atoms with E-state index >= 15 is 0 Å². The summed E-state index contributed by atoms with van der Waals surface area (Å²) in [6.45, 7) is 0. The standard InChI is InChI=1S/3CH3.HI.Sn/h3*1H3;1H;/q;;;;+1/p-1. The molecule has 0 N–H and O–H groups in total. The average Bonchev–Trinajstić information content (AvgIpc) is 0.811. The molecule has 0 unspecified atom stereocenters. The minimum absolute atomic E-state index is 0. The second kappa shape index (κ2) is 5.53. The van der Waals surface area contributed by atoms with E-state index in [1.807, 2.05) is 0 Å². The number of halogens is 1. The molecule has 0 saturated carbocycles. The zero-order valence-corrected chi connectivity index (χ0v) is 8.89. The Morgan fingerprint density at radius 1 is 1.00 bits per heavy atom. The van der Waals surface area contributed by atoms with Gasteiger partial charge in [-0.2, -0.15) is 0 Å². The maximum atomic E-state index is 2.36. The third-order valence-corrected chi connectivity index (χ3v) is 0. The van der Waals surface area contributed by atoms with Crippen LogP contribution in [0.15, 0.2) is 0 Å². The molecule has 5 heavy (non-hydrogen) atoms. The summed E-state index contributed by atoms with van der Waals surface area (Å²) in [5.41, 5.74) is 0. The third-order valence-electron chi connectivity index (χ3n) is 0. The molecule has 2 heteroatoms. The second-order valence-corrected chi connectivity index (χ2v) is 10.1. The van der Waals surface area contributed by atoms with Crippen molar-refractivity contribution in [1.82, 2.24) is 0 Å². The van der Waals surface area contributed by atoms with E-state index in [-0.39, 0.29) is 24.0 Å². The van der Waals surface area contributed by atoms with Crippen LogP contribution in [0.1, 0.15) is 0 Å². The van der Waals surface area contributed by atoms with Crippen molar-refractivity contribution < 1.29 is 24.0 Å². The Balaban J connectivity index is 0. The zero-order chi connectivity index (χ0) is 3.58. The van der Waals surface area contributed by atoms with Crippen LogP contribution in [-0.2, 0) is 0 Å². The normalized spacial score (nSPS) is 5.40. The summed E-state index contributed by atoms with van der Waals surface area (Å²) >= 11 is -0.543. The van der Waals surface area contributed by atoms with Crippen molar-refractivity contribution in [2.75, 3.05) is 0 Å². The molecule has 0 nitrogen and oxygen atoms in total. The molecule has 0 spiro atoms. The fraction of sp³-hybridized carbons (Fsp3) is 1.00. The average molecular weight is 291 g/mol. The van der Waals surface area contributed by atoms with Gasteiger partial charge in [0.1, 0.15) is 0 Å². The summed E-state index contributed by atoms with van der Waals surface area (Å²) in [6.07, 6.45) is 0. The summed E-state index contributed by atoms with van der Waals surface area (Å²) in [4.78, 5) is 7.09. The molecule has 0 aliphatic carbocycles. The van der Waals surface area contributed by atoms with Gasteiger partial charge in [0.05, 0.1) is 0 Å². The van der Waals surface area contributed by atoms with Crippen LogP contribution in [0, 0.1) is 0 Å². The molecule has 0 fully saturated rings. The fourth-order valence-corrected chi connectivity index (χ4v) is 0. The van der Waals surface area contributed by atoms with Crippen molar-refractivity contribution in [2.45, 2.75) is 14.8 Å². The van der Waals surface area contributed by atoms with Gasteiger partial charge in [-0.15, -0.1) is 0 Å². The minimum Gasteiger partial charge on any atom is -1.00 e. The number of hydrogen-bond donors (Lipinski definition) is 0. The summed E-state index contributed by atoms with van der Waals surface area (Å²) in [5, 5.41) is 0. The summed E-state index contributed by atoms with van der Waals surface area (Å²) in [5.74, 6) is 0. The fourth-order valence-electron chi connectivity index (χ4n) is 0. The predicted octanol–water partition coefficient (Wildman–Crippen LogP) is -1.63. The van der Waals surface area contributed by atoms with Crippen LogP contribution in [0.3, 0.4) is 0 Å². The monoisotopic (exact) mass is 292 g/mol. The molecular formula is C3H9ISn. The van der Waals surface area contributed by atoms with Crippen LogP contribution in [0.5, 0.6) is 0 Å². The molecule has 32 valence electrons. The smallest absolute Gasteiger partial charge is 1.00 e. The number of hydrogen-bond acceptors (Lipinski definition) is 0. The van der Waals surface area contributed by atoms with Crippen LogP contribution in [0.4, 0.5) is 0 Å². The van der Waals surface area contributed by atoms with Gasteiger partial charge in [0.2, 0.25) is 0 Å². The van der Waals surface area contributed by atoms with Crippen LogP contribution >= 0.6 is 0 Å². The quantitative estimate of drug-likeness (QED) is 0.371. The molecule has 0 amide bonds. The molecule has 0 atom stereocenters. The Morgan fingerprint density at radius 2 is 1.00 bits per heavy atom. The molecular weight excluding hydrogens is 282 g/mol. The van der Waals surface area contributed by atoms with Crippen molar-refractivity contribution in [3.8, 4) is 0 Å². The first kappa shape index (κ1) is 9.73. The maximum absolute atomic E-state index is 2.36. The van der Waals surface area contributed by atoms with E-state index in [1.54, 1.807) is 0 Å². The third kappa shape index (κ3) is 29.5. The first-order valence-electron chi connectivity index (χ1n) is 1.50. The molecule has 0 saturated heterocycles. The van der Waals surface area contributed by atoms with Crippen LogP contribution < -0.4 is 24.0 Å². The maximum Gasteiger partial charge on any atom is -1.00 e. The Labute approximate surface area is 58.1 Å². The minimum atomic E-state index is -0.543. The van der Waals surface area contributed by atoms with E-state index in [1.165, 1.54) is 0 Å². The van der Waals surface area contributed by atoms with Crippen molar-refractivity contribution in [2.24, 2.45) is 0 Å². The van der Waals surface area contributed by atoms with Gasteiger partial charge in [0, 0.05) is 0 Å². The largest absolute Gasteiger partial charge is 1.00 e. The topological polar surface area (TPSA) is 0 Å². The second-order valence-electron chi connectivity index (χ2n) is 1.50. The molecule has 0 aliphatic rings. The molecule has 0 rings (SSSR count). The predicted molar refractivity (Wildman–Crippen MR) is 23.3 cm³/mol. The summed E-state index contributed by atoms with van der Waals surface area (Å²) < 4.78 is 0. The molecule has 0 radical (unpaired) electrons. The van der Waals surface area contributed by atoms with Crippen LogP contribution in [0.2, 0.25) is 14.8 Å². The molecule has 0 aromatic heterocycles. The van der Waals surface area contributed by atoms with Gasteiger partial charge in [-0.25, -0.2) is 0 Å². The van der Waals surface area contributed by atoms with Gasteiger partial charge in [-0.05, 0) is 0 Å². The Hall–Kier alpha value is 1.53. The first-order chi connectivity index (χ1) is 1.73.